The third-order valence-electron chi connectivity index (χ3n) is 0.449. The molecule has 0 aromatic rings. The van der Waals surface area contributed by atoms with Crippen molar-refractivity contribution in [2.24, 2.45) is 0 Å². The highest BCUT2D eigenvalue weighted by Gasteiger charge is 2.07. The summed E-state index contributed by atoms with van der Waals surface area (Å²) >= 11 is 3.61. The molecule has 0 unspecified atom stereocenters. The van der Waals surface area contributed by atoms with E-state index < -0.39 is 7.60 Å². The van der Waals surface area contributed by atoms with E-state index in [1.807, 2.05) is 0 Å². The van der Waals surface area contributed by atoms with E-state index in [1.54, 1.807) is 0 Å². The van der Waals surface area contributed by atoms with Crippen LogP contribution in [0.1, 0.15) is 0 Å². The Kier molecular flexibility index (Phi) is 3.40. The van der Waals surface area contributed by atoms with Gasteiger partial charge in [-0.2, -0.15) is 12.6 Å². The number of hydrogen-bond acceptors (Lipinski definition) is 2. The fraction of sp³-hybridized carbons (Fsp3) is 0.333. The average Bonchev–Trinajstić information content (AvgIpc) is 1.59. The average molecular weight is 154 g/mol. The summed E-state index contributed by atoms with van der Waals surface area (Å²) in [4.78, 5) is 16.3. The van der Waals surface area contributed by atoms with Crippen LogP contribution in [0.3, 0.4) is 0 Å². The molecule has 3 nitrogen and oxygen atoms in total. The fourth-order valence-electron chi connectivity index (χ4n) is 0.184. The van der Waals surface area contributed by atoms with Gasteiger partial charge in [0.05, 0.1) is 6.16 Å². The maximum Gasteiger partial charge on any atom is 0.329 e. The van der Waals surface area contributed by atoms with Crippen LogP contribution in [0, 0.1) is 0 Å². The third kappa shape index (κ3) is 6.24. The Morgan fingerprint density at radius 3 is 2.25 bits per heavy atom. The normalized spacial score (nSPS) is 12.9. The van der Waals surface area contributed by atoms with Crippen molar-refractivity contribution in [3.8, 4) is 0 Å². The van der Waals surface area contributed by atoms with Crippen LogP contribution in [0.5, 0.6) is 0 Å². The Morgan fingerprint density at radius 2 is 2.12 bits per heavy atom. The second kappa shape index (κ2) is 3.30. The van der Waals surface area contributed by atoms with E-state index in [0.717, 1.165) is 0 Å². The summed E-state index contributed by atoms with van der Waals surface area (Å²) < 4.78 is 10.00. The van der Waals surface area contributed by atoms with Crippen molar-refractivity contribution in [2.45, 2.75) is 0 Å². The number of thiol groups is 1. The Hall–Kier alpha value is 0.240. The lowest BCUT2D eigenvalue weighted by molar-refractivity contribution is 0.377. The number of rotatable bonds is 2. The molecule has 5 heteroatoms. The SMILES string of the molecule is O=P(O)(O)CC=CS. The molecule has 0 rings (SSSR count). The van der Waals surface area contributed by atoms with Crippen molar-refractivity contribution in [1.29, 1.82) is 0 Å². The number of allylic oxidation sites excluding steroid dienone is 1. The Balaban J connectivity index is 3.57. The molecule has 0 bridgehead atoms. The lowest BCUT2D eigenvalue weighted by Gasteiger charge is -1.94. The molecular weight excluding hydrogens is 147 g/mol. The first-order chi connectivity index (χ1) is 3.56. The summed E-state index contributed by atoms with van der Waals surface area (Å²) in [5.41, 5.74) is 0. The lowest BCUT2D eigenvalue weighted by atomic mass is 10.8. The summed E-state index contributed by atoms with van der Waals surface area (Å²) in [6.45, 7) is 0. The van der Waals surface area contributed by atoms with E-state index >= 15 is 0 Å². The van der Waals surface area contributed by atoms with Gasteiger partial charge in [0.1, 0.15) is 0 Å². The molecule has 0 spiro atoms. The van der Waals surface area contributed by atoms with Crippen molar-refractivity contribution >= 4 is 20.2 Å². The molecule has 0 fully saturated rings. The van der Waals surface area contributed by atoms with Crippen LogP contribution in [0.4, 0.5) is 0 Å². The van der Waals surface area contributed by atoms with Gasteiger partial charge in [0.15, 0.2) is 0 Å². The molecule has 0 saturated heterocycles. The van der Waals surface area contributed by atoms with Gasteiger partial charge in [-0.05, 0) is 5.41 Å². The van der Waals surface area contributed by atoms with E-state index in [4.69, 9.17) is 9.79 Å². The first-order valence-corrected chi connectivity index (χ1v) is 4.21. The van der Waals surface area contributed by atoms with Gasteiger partial charge < -0.3 is 9.79 Å². The predicted molar refractivity (Wildman–Crippen MR) is 35.0 cm³/mol. The summed E-state index contributed by atoms with van der Waals surface area (Å²) in [7, 11) is -3.82. The van der Waals surface area contributed by atoms with Gasteiger partial charge in [-0.15, -0.1) is 0 Å². The molecule has 0 aliphatic heterocycles. The lowest BCUT2D eigenvalue weighted by Crippen LogP contribution is -1.79. The Morgan fingerprint density at radius 1 is 1.62 bits per heavy atom. The standard InChI is InChI=1S/C3H7O3PS/c4-7(5,6)2-1-3-8/h1,3,8H,2H2,(H2,4,5,6). The molecule has 0 radical (unpaired) electrons. The van der Waals surface area contributed by atoms with Crippen LogP contribution in [0.2, 0.25) is 0 Å². The van der Waals surface area contributed by atoms with Crippen molar-refractivity contribution in [1.82, 2.24) is 0 Å². The number of hydrogen-bond donors (Lipinski definition) is 3. The highest BCUT2D eigenvalue weighted by Crippen LogP contribution is 2.33. The quantitative estimate of drug-likeness (QED) is 0.403. The molecule has 0 amide bonds. The monoisotopic (exact) mass is 154 g/mol. The van der Waals surface area contributed by atoms with Crippen LogP contribution >= 0.6 is 20.2 Å². The van der Waals surface area contributed by atoms with Gasteiger partial charge in [0.25, 0.3) is 0 Å². The zero-order chi connectivity index (χ0) is 6.62. The Bertz CT molecular complexity index is 126. The van der Waals surface area contributed by atoms with Gasteiger partial charge in [0, 0.05) is 0 Å². The maximum absolute atomic E-state index is 10.00. The van der Waals surface area contributed by atoms with Gasteiger partial charge in [-0.3, -0.25) is 4.57 Å². The molecule has 0 heterocycles. The predicted octanol–water partition coefficient (Wildman–Crippen LogP) is 0.608. The third-order valence-corrected chi connectivity index (χ3v) is 1.35. The first-order valence-electron chi connectivity index (χ1n) is 1.90. The highest BCUT2D eigenvalue weighted by molar-refractivity contribution is 7.83. The molecule has 0 saturated carbocycles. The maximum atomic E-state index is 10.00. The van der Waals surface area contributed by atoms with E-state index in [1.165, 1.54) is 11.5 Å². The molecule has 8 heavy (non-hydrogen) atoms. The molecule has 0 atom stereocenters. The first kappa shape index (κ1) is 8.24. The van der Waals surface area contributed by atoms with Crippen LogP contribution in [0.15, 0.2) is 11.5 Å². The Labute approximate surface area is 53.0 Å². The van der Waals surface area contributed by atoms with Crippen molar-refractivity contribution in [2.75, 3.05) is 6.16 Å². The van der Waals surface area contributed by atoms with Gasteiger partial charge in [0.2, 0.25) is 0 Å². The molecular formula is C3H7O3PS. The van der Waals surface area contributed by atoms with Gasteiger partial charge >= 0.3 is 7.60 Å². The largest absolute Gasteiger partial charge is 0.329 e. The molecule has 0 aromatic carbocycles. The van der Waals surface area contributed by atoms with Crippen molar-refractivity contribution in [3.63, 3.8) is 0 Å². The summed E-state index contributed by atoms with van der Waals surface area (Å²) in [6.07, 6.45) is 1.08. The van der Waals surface area contributed by atoms with Crippen LogP contribution in [0.25, 0.3) is 0 Å². The molecule has 0 aromatic heterocycles. The van der Waals surface area contributed by atoms with Crippen LogP contribution in [-0.4, -0.2) is 15.9 Å². The van der Waals surface area contributed by atoms with E-state index in [2.05, 4.69) is 12.6 Å². The molecule has 48 valence electrons. The second-order valence-corrected chi connectivity index (χ2v) is 3.22. The highest BCUT2D eigenvalue weighted by atomic mass is 32.1. The smallest absolute Gasteiger partial charge is 0.324 e. The van der Waals surface area contributed by atoms with Gasteiger partial charge in [-0.25, -0.2) is 0 Å². The van der Waals surface area contributed by atoms with Crippen molar-refractivity contribution in [3.05, 3.63) is 11.5 Å². The summed E-state index contributed by atoms with van der Waals surface area (Å²) in [5, 5.41) is 1.30. The minimum absolute atomic E-state index is 0.226. The second-order valence-electron chi connectivity index (χ2n) is 1.23. The van der Waals surface area contributed by atoms with E-state index in [-0.39, 0.29) is 6.16 Å². The minimum atomic E-state index is -3.82. The zero-order valence-electron chi connectivity index (χ0n) is 4.06. The van der Waals surface area contributed by atoms with Gasteiger partial charge in [-0.1, -0.05) is 6.08 Å². The summed E-state index contributed by atoms with van der Waals surface area (Å²) in [5.74, 6) is 0. The fourth-order valence-corrected chi connectivity index (χ4v) is 0.836. The van der Waals surface area contributed by atoms with Crippen LogP contribution in [-0.2, 0) is 4.57 Å². The van der Waals surface area contributed by atoms with Crippen molar-refractivity contribution < 1.29 is 14.4 Å². The van der Waals surface area contributed by atoms with Crippen LogP contribution < -0.4 is 0 Å². The zero-order valence-corrected chi connectivity index (χ0v) is 5.85. The summed E-state index contributed by atoms with van der Waals surface area (Å²) in [6, 6.07) is 0. The van der Waals surface area contributed by atoms with E-state index in [0.29, 0.717) is 0 Å². The molecule has 2 N–H and O–H groups in total. The topological polar surface area (TPSA) is 57.5 Å². The van der Waals surface area contributed by atoms with E-state index in [9.17, 15) is 4.57 Å². The molecule has 0 aliphatic rings. The minimum Gasteiger partial charge on any atom is -0.324 e. The molecule has 0 aliphatic carbocycles.